The van der Waals surface area contributed by atoms with Crippen molar-refractivity contribution in [2.75, 3.05) is 5.75 Å². The summed E-state index contributed by atoms with van der Waals surface area (Å²) < 4.78 is 66.4. The van der Waals surface area contributed by atoms with E-state index in [0.717, 1.165) is 16.9 Å². The number of aromatic nitrogens is 6. The maximum Gasteiger partial charge on any atom is 0.433 e. The topological polar surface area (TPSA) is 119 Å². The molecule has 0 unspecified atom stereocenters. The summed E-state index contributed by atoms with van der Waals surface area (Å²) in [4.78, 5) is 7.55. The van der Waals surface area contributed by atoms with E-state index < -0.39 is 21.7 Å². The largest absolute Gasteiger partial charge is 0.433 e. The summed E-state index contributed by atoms with van der Waals surface area (Å²) in [6.07, 6.45) is 0.411. The Balaban J connectivity index is 1.92. The van der Waals surface area contributed by atoms with Crippen LogP contribution in [0.4, 0.5) is 13.2 Å². The van der Waals surface area contributed by atoms with Gasteiger partial charge in [0.25, 0.3) is 0 Å². The fraction of sp³-hybridized carbons (Fsp3) is 0.167. The fourth-order valence-electron chi connectivity index (χ4n) is 2.80. The molecule has 0 saturated carbocycles. The molecule has 0 fully saturated rings. The van der Waals surface area contributed by atoms with Gasteiger partial charge in [0.15, 0.2) is 21.5 Å². The average Bonchev–Trinajstić information content (AvgIpc) is 3.39. The highest BCUT2D eigenvalue weighted by molar-refractivity contribution is 7.91. The predicted octanol–water partition coefficient (Wildman–Crippen LogP) is 2.69. The minimum absolute atomic E-state index is 0.0276. The number of alkyl halides is 3. The molecule has 0 aliphatic rings. The van der Waals surface area contributed by atoms with Crippen LogP contribution in [-0.4, -0.2) is 43.7 Å². The zero-order chi connectivity index (χ0) is 22.4. The third-order valence-corrected chi connectivity index (χ3v) is 6.13. The molecule has 0 saturated heterocycles. The molecule has 158 valence electrons. The summed E-state index contributed by atoms with van der Waals surface area (Å²) >= 11 is 0. The van der Waals surface area contributed by atoms with Gasteiger partial charge in [-0.3, -0.25) is 4.98 Å². The SMILES string of the molecule is CCS(=O)(=O)c1ccc(-n2cc(C#N)cn2)nc1-n1cc2cnc(C(F)(F)F)cc2n1. The van der Waals surface area contributed by atoms with E-state index in [1.807, 2.05) is 6.07 Å². The molecule has 4 heterocycles. The lowest BCUT2D eigenvalue weighted by molar-refractivity contribution is -0.141. The molecule has 0 atom stereocenters. The first-order valence-corrected chi connectivity index (χ1v) is 10.4. The Kier molecular flexibility index (Phi) is 4.74. The summed E-state index contributed by atoms with van der Waals surface area (Å²) in [5.41, 5.74) is -0.877. The first-order chi connectivity index (χ1) is 14.6. The van der Waals surface area contributed by atoms with E-state index in [1.54, 1.807) is 0 Å². The molecule has 0 bridgehead atoms. The molecule has 4 rings (SSSR count). The second-order valence-electron chi connectivity index (χ2n) is 6.38. The van der Waals surface area contributed by atoms with Gasteiger partial charge in [0, 0.05) is 17.8 Å². The Labute approximate surface area is 173 Å². The maximum atomic E-state index is 13.0. The number of hydrogen-bond donors (Lipinski definition) is 0. The van der Waals surface area contributed by atoms with Crippen molar-refractivity contribution in [3.63, 3.8) is 0 Å². The zero-order valence-electron chi connectivity index (χ0n) is 15.7. The molecular weight excluding hydrogens is 435 g/mol. The number of rotatable bonds is 4. The molecule has 4 aromatic rings. The van der Waals surface area contributed by atoms with Crippen molar-refractivity contribution < 1.29 is 21.6 Å². The van der Waals surface area contributed by atoms with Gasteiger partial charge in [-0.15, -0.1) is 0 Å². The lowest BCUT2D eigenvalue weighted by Gasteiger charge is -2.10. The van der Waals surface area contributed by atoms with Crippen LogP contribution in [0.25, 0.3) is 22.5 Å². The van der Waals surface area contributed by atoms with Crippen LogP contribution in [-0.2, 0) is 16.0 Å². The molecule has 13 heteroatoms. The van der Waals surface area contributed by atoms with Crippen LogP contribution in [0.2, 0.25) is 0 Å². The molecule has 31 heavy (non-hydrogen) atoms. The Bertz CT molecular complexity index is 1450. The van der Waals surface area contributed by atoms with Crippen molar-refractivity contribution in [3.8, 4) is 17.7 Å². The summed E-state index contributed by atoms with van der Waals surface area (Å²) in [7, 11) is -3.75. The van der Waals surface area contributed by atoms with E-state index >= 15 is 0 Å². The lowest BCUT2D eigenvalue weighted by atomic mass is 10.3. The zero-order valence-corrected chi connectivity index (χ0v) is 16.6. The van der Waals surface area contributed by atoms with Crippen molar-refractivity contribution in [2.45, 2.75) is 18.0 Å². The maximum absolute atomic E-state index is 13.0. The Morgan fingerprint density at radius 2 is 1.94 bits per heavy atom. The molecule has 0 radical (unpaired) electrons. The monoisotopic (exact) mass is 447 g/mol. The van der Waals surface area contributed by atoms with Crippen molar-refractivity contribution >= 4 is 20.7 Å². The van der Waals surface area contributed by atoms with E-state index in [-0.39, 0.29) is 38.8 Å². The van der Waals surface area contributed by atoms with Crippen LogP contribution < -0.4 is 0 Å². The quantitative estimate of drug-likeness (QED) is 0.472. The third-order valence-electron chi connectivity index (χ3n) is 4.38. The van der Waals surface area contributed by atoms with Gasteiger partial charge in [-0.05, 0) is 18.2 Å². The average molecular weight is 447 g/mol. The van der Waals surface area contributed by atoms with Gasteiger partial charge in [0.05, 0.1) is 29.2 Å². The van der Waals surface area contributed by atoms with Crippen LogP contribution in [0.5, 0.6) is 0 Å². The van der Waals surface area contributed by atoms with Gasteiger partial charge >= 0.3 is 6.18 Å². The number of nitriles is 1. The Morgan fingerprint density at radius 1 is 1.16 bits per heavy atom. The molecular formula is C18H12F3N7O2S. The lowest BCUT2D eigenvalue weighted by Crippen LogP contribution is -2.13. The van der Waals surface area contributed by atoms with Crippen LogP contribution in [0, 0.1) is 11.3 Å². The van der Waals surface area contributed by atoms with Crippen molar-refractivity contribution in [1.82, 2.24) is 29.5 Å². The summed E-state index contributed by atoms with van der Waals surface area (Å²) in [6, 6.07) is 5.42. The van der Waals surface area contributed by atoms with E-state index in [1.165, 1.54) is 42.3 Å². The summed E-state index contributed by atoms with van der Waals surface area (Å²) in [6.45, 7) is 1.46. The highest BCUT2D eigenvalue weighted by Crippen LogP contribution is 2.30. The highest BCUT2D eigenvalue weighted by Gasteiger charge is 2.33. The molecule has 0 amide bonds. The first kappa shape index (κ1) is 20.5. The standard InChI is InChI=1S/C18H12F3N7O2S/c1-2-31(29,30)14-3-4-16(27-9-11(6-22)7-24-27)25-17(14)28-10-12-8-23-15(18(19,20)21)5-13(12)26-28/h3-5,7-10H,2H2,1H3. The minimum Gasteiger partial charge on any atom is -0.251 e. The second kappa shape index (κ2) is 7.17. The number of sulfone groups is 1. The van der Waals surface area contributed by atoms with Crippen LogP contribution in [0.1, 0.15) is 18.2 Å². The molecule has 4 aromatic heterocycles. The van der Waals surface area contributed by atoms with Gasteiger partial charge in [0.2, 0.25) is 0 Å². The number of pyridine rings is 2. The van der Waals surface area contributed by atoms with Crippen molar-refractivity contribution in [2.24, 2.45) is 0 Å². The molecule has 0 N–H and O–H groups in total. The van der Waals surface area contributed by atoms with Gasteiger partial charge < -0.3 is 0 Å². The Hall–Kier alpha value is -3.79. The molecule has 0 aromatic carbocycles. The number of nitrogens with zero attached hydrogens (tertiary/aromatic N) is 7. The minimum atomic E-state index is -4.65. The van der Waals surface area contributed by atoms with Gasteiger partial charge in [-0.25, -0.2) is 22.8 Å². The predicted molar refractivity (Wildman–Crippen MR) is 101 cm³/mol. The smallest absolute Gasteiger partial charge is 0.251 e. The van der Waals surface area contributed by atoms with Crippen LogP contribution in [0.3, 0.4) is 0 Å². The molecule has 0 spiro atoms. The van der Waals surface area contributed by atoms with E-state index in [9.17, 15) is 21.6 Å². The normalized spacial score (nSPS) is 12.2. The second-order valence-corrected chi connectivity index (χ2v) is 8.63. The van der Waals surface area contributed by atoms with Gasteiger partial charge in [0.1, 0.15) is 16.7 Å². The van der Waals surface area contributed by atoms with Crippen LogP contribution in [0.15, 0.2) is 47.9 Å². The van der Waals surface area contributed by atoms with E-state index in [0.29, 0.717) is 0 Å². The Morgan fingerprint density at radius 3 is 2.58 bits per heavy atom. The van der Waals surface area contributed by atoms with Crippen molar-refractivity contribution in [1.29, 1.82) is 5.26 Å². The van der Waals surface area contributed by atoms with Gasteiger partial charge in [-0.1, -0.05) is 6.92 Å². The van der Waals surface area contributed by atoms with Gasteiger partial charge in [-0.2, -0.15) is 28.6 Å². The number of hydrogen-bond acceptors (Lipinski definition) is 7. The molecule has 9 nitrogen and oxygen atoms in total. The summed E-state index contributed by atoms with van der Waals surface area (Å²) in [5, 5.41) is 17.3. The number of halogens is 3. The number of fused-ring (bicyclic) bond motifs is 1. The first-order valence-electron chi connectivity index (χ1n) is 8.74. The molecule has 0 aliphatic carbocycles. The summed E-state index contributed by atoms with van der Waals surface area (Å²) in [5.74, 6) is -0.139. The van der Waals surface area contributed by atoms with Crippen LogP contribution >= 0.6 is 0 Å². The highest BCUT2D eigenvalue weighted by atomic mass is 32.2. The molecule has 0 aliphatic heterocycles. The van der Waals surface area contributed by atoms with E-state index in [4.69, 9.17) is 5.26 Å². The fourth-order valence-corrected chi connectivity index (χ4v) is 3.81. The van der Waals surface area contributed by atoms with Crippen molar-refractivity contribution in [3.05, 3.63) is 54.2 Å². The third kappa shape index (κ3) is 3.73. The van der Waals surface area contributed by atoms with E-state index in [2.05, 4.69) is 20.2 Å².